The molecule has 2 nitrogen and oxygen atoms in total. The maximum Gasteiger partial charge on any atom is 0.332 e. The van der Waals surface area contributed by atoms with E-state index < -0.39 is 0 Å². The molecule has 0 unspecified atom stereocenters. The van der Waals surface area contributed by atoms with Gasteiger partial charge in [-0.05, 0) is 44.8 Å². The van der Waals surface area contributed by atoms with Crippen LogP contribution in [-0.2, 0) is 9.22 Å². The van der Waals surface area contributed by atoms with E-state index in [9.17, 15) is 4.79 Å². The highest BCUT2D eigenvalue weighted by Gasteiger charge is 2.18. The van der Waals surface area contributed by atoms with E-state index in [0.717, 1.165) is 16.7 Å². The van der Waals surface area contributed by atoms with Gasteiger partial charge in [0.25, 0.3) is 0 Å². The van der Waals surface area contributed by atoms with E-state index in [-0.39, 0.29) is 5.97 Å². The molecule has 90 valence electrons. The van der Waals surface area contributed by atoms with Gasteiger partial charge in [-0.15, -0.1) is 5.73 Å². The Morgan fingerprint density at radius 3 is 1.94 bits per heavy atom. The molecule has 0 aliphatic carbocycles. The van der Waals surface area contributed by atoms with Gasteiger partial charge < -0.3 is 4.43 Å². The summed E-state index contributed by atoms with van der Waals surface area (Å²) >= 11 is 0. The maximum atomic E-state index is 11.8. The minimum atomic E-state index is -0.252. The minimum Gasteiger partial charge on any atom is -0.525 e. The molecular formula is C13H22O2Si. The van der Waals surface area contributed by atoms with Crippen LogP contribution in [0.15, 0.2) is 28.0 Å². The SMILES string of the molecule is CC(C)=C=C(C(=O)O[SiH3])C(=C(C)C)C(C)C. The Bertz CT molecular complexity index is 361. The number of rotatable bonds is 3. The monoisotopic (exact) mass is 238 g/mol. The lowest BCUT2D eigenvalue weighted by Crippen LogP contribution is -2.12. The molecule has 0 bridgehead atoms. The van der Waals surface area contributed by atoms with Gasteiger partial charge in [0.2, 0.25) is 10.5 Å². The van der Waals surface area contributed by atoms with Crippen molar-refractivity contribution in [2.45, 2.75) is 41.5 Å². The summed E-state index contributed by atoms with van der Waals surface area (Å²) in [6.45, 7) is 12.1. The average molecular weight is 238 g/mol. The Hall–Kier alpha value is -1.05. The molecule has 0 saturated carbocycles. The summed E-state index contributed by atoms with van der Waals surface area (Å²) < 4.78 is 4.95. The summed E-state index contributed by atoms with van der Waals surface area (Å²) in [5.41, 5.74) is 6.88. The second kappa shape index (κ2) is 6.51. The number of allylic oxidation sites excluding steroid dienone is 1. The van der Waals surface area contributed by atoms with Crippen molar-refractivity contribution in [2.24, 2.45) is 5.92 Å². The van der Waals surface area contributed by atoms with Crippen LogP contribution in [0.4, 0.5) is 0 Å². The van der Waals surface area contributed by atoms with Crippen LogP contribution in [0.25, 0.3) is 0 Å². The van der Waals surface area contributed by atoms with Crippen LogP contribution >= 0.6 is 0 Å². The summed E-state index contributed by atoms with van der Waals surface area (Å²) in [6, 6.07) is 0. The van der Waals surface area contributed by atoms with Gasteiger partial charge in [0.15, 0.2) is 0 Å². The standard InChI is InChI=1S/C13H22O2Si/c1-8(2)7-11(13(14)15-16)12(9(3)4)10(5)6/h9H,1-6,16H3. The van der Waals surface area contributed by atoms with E-state index in [1.165, 1.54) is 0 Å². The van der Waals surface area contributed by atoms with Crippen molar-refractivity contribution in [2.75, 3.05) is 0 Å². The Labute approximate surface area is 102 Å². The quantitative estimate of drug-likeness (QED) is 0.326. The molecule has 0 radical (unpaired) electrons. The van der Waals surface area contributed by atoms with Crippen LogP contribution in [0.2, 0.25) is 0 Å². The highest BCUT2D eigenvalue weighted by molar-refractivity contribution is 6.10. The van der Waals surface area contributed by atoms with Gasteiger partial charge in [0, 0.05) is 0 Å². The van der Waals surface area contributed by atoms with E-state index in [0.29, 0.717) is 22.0 Å². The van der Waals surface area contributed by atoms with Crippen LogP contribution in [-0.4, -0.2) is 16.5 Å². The van der Waals surface area contributed by atoms with Gasteiger partial charge in [-0.2, -0.15) is 0 Å². The Balaban J connectivity index is 5.82. The third-order valence-corrected chi connectivity index (χ3v) is 2.52. The van der Waals surface area contributed by atoms with E-state index in [2.05, 4.69) is 19.6 Å². The van der Waals surface area contributed by atoms with Gasteiger partial charge in [-0.25, -0.2) is 4.79 Å². The number of hydrogen-bond acceptors (Lipinski definition) is 2. The van der Waals surface area contributed by atoms with Gasteiger partial charge in [-0.3, -0.25) is 0 Å². The number of carbonyl (C=O) groups excluding carboxylic acids is 1. The van der Waals surface area contributed by atoms with Crippen molar-refractivity contribution in [3.05, 3.63) is 28.0 Å². The molecule has 16 heavy (non-hydrogen) atoms. The zero-order valence-electron chi connectivity index (χ0n) is 11.4. The van der Waals surface area contributed by atoms with Crippen molar-refractivity contribution in [1.29, 1.82) is 0 Å². The van der Waals surface area contributed by atoms with Gasteiger partial charge in [-0.1, -0.05) is 19.4 Å². The molecular weight excluding hydrogens is 216 g/mol. The van der Waals surface area contributed by atoms with E-state index in [1.54, 1.807) is 0 Å². The minimum absolute atomic E-state index is 0.252. The van der Waals surface area contributed by atoms with Crippen LogP contribution in [0, 0.1) is 5.92 Å². The zero-order chi connectivity index (χ0) is 12.9. The van der Waals surface area contributed by atoms with Crippen molar-refractivity contribution >= 4 is 16.5 Å². The summed E-state index contributed by atoms with van der Waals surface area (Å²) in [5, 5.41) is 0. The molecule has 3 heteroatoms. The van der Waals surface area contributed by atoms with Crippen LogP contribution in [0.5, 0.6) is 0 Å². The summed E-state index contributed by atoms with van der Waals surface area (Å²) in [6.07, 6.45) is 0. The largest absolute Gasteiger partial charge is 0.525 e. The molecule has 0 aliphatic rings. The average Bonchev–Trinajstić information content (AvgIpc) is 2.13. The third-order valence-electron chi connectivity index (χ3n) is 2.15. The predicted molar refractivity (Wildman–Crippen MR) is 71.1 cm³/mol. The fraction of sp³-hybridized carbons (Fsp3) is 0.538. The molecule has 0 fully saturated rings. The van der Waals surface area contributed by atoms with Crippen LogP contribution in [0.3, 0.4) is 0 Å². The molecule has 0 spiro atoms. The van der Waals surface area contributed by atoms with Crippen LogP contribution < -0.4 is 0 Å². The Morgan fingerprint density at radius 2 is 1.69 bits per heavy atom. The first-order chi connectivity index (χ1) is 7.31. The highest BCUT2D eigenvalue weighted by Crippen LogP contribution is 2.24. The summed E-state index contributed by atoms with van der Waals surface area (Å²) in [4.78, 5) is 11.8. The molecule has 0 rings (SSSR count). The fourth-order valence-electron chi connectivity index (χ4n) is 1.70. The number of hydrogen-bond donors (Lipinski definition) is 0. The second-order valence-corrected chi connectivity index (χ2v) is 4.97. The highest BCUT2D eigenvalue weighted by atomic mass is 28.2. The van der Waals surface area contributed by atoms with Gasteiger partial charge in [0.1, 0.15) is 5.57 Å². The molecule has 0 atom stereocenters. The molecule has 0 aromatic carbocycles. The maximum absolute atomic E-state index is 11.8. The number of carbonyl (C=O) groups is 1. The molecule has 0 amide bonds. The van der Waals surface area contributed by atoms with E-state index >= 15 is 0 Å². The molecule has 0 heterocycles. The first-order valence-corrected chi connectivity index (χ1v) is 6.33. The lowest BCUT2D eigenvalue weighted by molar-refractivity contribution is -0.129. The third kappa shape index (κ3) is 4.21. The van der Waals surface area contributed by atoms with Crippen molar-refractivity contribution in [3.8, 4) is 0 Å². The van der Waals surface area contributed by atoms with Gasteiger partial charge in [0.05, 0.1) is 0 Å². The zero-order valence-corrected chi connectivity index (χ0v) is 13.4. The van der Waals surface area contributed by atoms with E-state index in [4.69, 9.17) is 4.43 Å². The van der Waals surface area contributed by atoms with Crippen molar-refractivity contribution in [3.63, 3.8) is 0 Å². The summed E-state index contributed by atoms with van der Waals surface area (Å²) in [5.74, 6) is 0.0467. The first kappa shape index (κ1) is 14.9. The second-order valence-electron chi connectivity index (χ2n) is 4.56. The smallest absolute Gasteiger partial charge is 0.332 e. The van der Waals surface area contributed by atoms with E-state index in [1.807, 2.05) is 27.7 Å². The Morgan fingerprint density at radius 1 is 1.19 bits per heavy atom. The predicted octanol–water partition coefficient (Wildman–Crippen LogP) is 2.29. The van der Waals surface area contributed by atoms with Crippen molar-refractivity contribution < 1.29 is 9.22 Å². The Kier molecular flexibility index (Phi) is 6.08. The topological polar surface area (TPSA) is 26.3 Å². The lowest BCUT2D eigenvalue weighted by atomic mass is 9.91. The molecule has 0 aliphatic heterocycles. The normalized spacial score (nSPS) is 9.69. The molecule has 0 N–H and O–H groups in total. The van der Waals surface area contributed by atoms with Crippen LogP contribution in [0.1, 0.15) is 41.5 Å². The molecule has 0 aromatic heterocycles. The molecule has 0 aromatic rings. The first-order valence-electron chi connectivity index (χ1n) is 5.51. The van der Waals surface area contributed by atoms with Gasteiger partial charge >= 0.3 is 5.97 Å². The lowest BCUT2D eigenvalue weighted by Gasteiger charge is -2.15. The molecule has 0 saturated heterocycles. The summed E-state index contributed by atoms with van der Waals surface area (Å²) in [7, 11) is 0.416. The fourth-order valence-corrected chi connectivity index (χ4v) is 1.90. The van der Waals surface area contributed by atoms with Crippen molar-refractivity contribution in [1.82, 2.24) is 0 Å².